The normalized spacial score (nSPS) is 10.7. The van der Waals surface area contributed by atoms with E-state index >= 15 is 0 Å². The van der Waals surface area contributed by atoms with Crippen LogP contribution in [-0.4, -0.2) is 28.8 Å². The number of carbonyl (C=O) groups excluding carboxylic acids is 2. The number of aryl methyl sites for hydroxylation is 1. The van der Waals surface area contributed by atoms with Gasteiger partial charge in [0.05, 0.1) is 40.8 Å². The Morgan fingerprint density at radius 1 is 0.972 bits per heavy atom. The fourth-order valence-corrected chi connectivity index (χ4v) is 4.22. The number of methoxy groups -OCH3 is 1. The van der Waals surface area contributed by atoms with E-state index in [1.165, 1.54) is 7.11 Å². The minimum atomic E-state index is -0.397. The van der Waals surface area contributed by atoms with Gasteiger partial charge in [-0.05, 0) is 71.2 Å². The number of benzene rings is 3. The number of anilines is 1. The predicted molar refractivity (Wildman–Crippen MR) is 141 cm³/mol. The molecule has 8 heteroatoms. The van der Waals surface area contributed by atoms with Crippen LogP contribution in [0.4, 0.5) is 5.69 Å². The van der Waals surface area contributed by atoms with Crippen LogP contribution < -0.4 is 10.1 Å². The van der Waals surface area contributed by atoms with Gasteiger partial charge in [0.15, 0.2) is 0 Å². The Hall–Kier alpha value is -3.91. The topological polar surface area (TPSA) is 82.5 Å². The first-order valence-corrected chi connectivity index (χ1v) is 12.1. The highest BCUT2D eigenvalue weighted by atomic mass is 79.9. The van der Waals surface area contributed by atoms with E-state index in [-0.39, 0.29) is 5.91 Å². The van der Waals surface area contributed by atoms with Crippen molar-refractivity contribution in [2.75, 3.05) is 12.4 Å². The molecular formula is C28H26BrN3O4. The van der Waals surface area contributed by atoms with Gasteiger partial charge >= 0.3 is 5.97 Å². The number of nitrogens with one attached hydrogen (secondary N) is 1. The molecule has 0 fully saturated rings. The summed E-state index contributed by atoms with van der Waals surface area (Å²) in [6.07, 6.45) is 0. The molecule has 7 nitrogen and oxygen atoms in total. The van der Waals surface area contributed by atoms with E-state index in [0.29, 0.717) is 35.7 Å². The maximum Gasteiger partial charge on any atom is 0.338 e. The number of hydrogen-bond acceptors (Lipinski definition) is 5. The third-order valence-corrected chi connectivity index (χ3v) is 6.47. The summed E-state index contributed by atoms with van der Waals surface area (Å²) in [6.45, 7) is 4.49. The van der Waals surface area contributed by atoms with Crippen molar-refractivity contribution in [2.24, 2.45) is 0 Å². The molecule has 184 valence electrons. The fraction of sp³-hybridized carbons (Fsp3) is 0.179. The first kappa shape index (κ1) is 25.2. The maximum absolute atomic E-state index is 13.0. The van der Waals surface area contributed by atoms with Crippen molar-refractivity contribution in [3.8, 4) is 5.75 Å². The summed E-state index contributed by atoms with van der Waals surface area (Å²) in [5.41, 5.74) is 4.88. The zero-order chi connectivity index (χ0) is 25.7. The summed E-state index contributed by atoms with van der Waals surface area (Å²) in [4.78, 5) is 25.1. The second-order valence-corrected chi connectivity index (χ2v) is 9.08. The van der Waals surface area contributed by atoms with Crippen LogP contribution in [0.3, 0.4) is 0 Å². The Kier molecular flexibility index (Phi) is 7.85. The zero-order valence-electron chi connectivity index (χ0n) is 20.2. The SMILES string of the molecule is COC(=O)c1ccccc1Cn1nc(C)c(NC(=O)c2ccc(COc3ccccc3Br)cc2)c1C. The summed E-state index contributed by atoms with van der Waals surface area (Å²) in [5, 5.41) is 7.57. The number of halogens is 1. The van der Waals surface area contributed by atoms with E-state index in [2.05, 4.69) is 26.3 Å². The molecule has 0 bridgehead atoms. The molecule has 4 rings (SSSR count). The van der Waals surface area contributed by atoms with E-state index in [1.54, 1.807) is 28.9 Å². The van der Waals surface area contributed by atoms with Crippen LogP contribution in [0.25, 0.3) is 0 Å². The maximum atomic E-state index is 13.0. The minimum absolute atomic E-state index is 0.228. The standard InChI is InChI=1S/C28H26BrN3O4/c1-18-26(19(2)32(31-18)16-22-8-4-5-9-23(22)28(34)35-3)30-27(33)21-14-12-20(13-15-21)17-36-25-11-7-6-10-24(25)29/h4-15H,16-17H2,1-3H3,(H,30,33). The van der Waals surface area contributed by atoms with Crippen molar-refractivity contribution < 1.29 is 19.1 Å². The van der Waals surface area contributed by atoms with Gasteiger partial charge in [-0.15, -0.1) is 0 Å². The predicted octanol–water partition coefficient (Wildman–Crippen LogP) is 5.93. The lowest BCUT2D eigenvalue weighted by atomic mass is 10.1. The summed E-state index contributed by atoms with van der Waals surface area (Å²) in [7, 11) is 1.36. The summed E-state index contributed by atoms with van der Waals surface area (Å²) >= 11 is 3.47. The molecule has 0 aliphatic carbocycles. The number of hydrogen-bond donors (Lipinski definition) is 1. The average Bonchev–Trinajstić information content (AvgIpc) is 3.15. The number of aromatic nitrogens is 2. The molecule has 36 heavy (non-hydrogen) atoms. The first-order chi connectivity index (χ1) is 17.4. The van der Waals surface area contributed by atoms with Gasteiger partial charge < -0.3 is 14.8 Å². The molecule has 0 aliphatic heterocycles. The Morgan fingerprint density at radius 3 is 2.39 bits per heavy atom. The number of carbonyl (C=O) groups is 2. The molecular weight excluding hydrogens is 522 g/mol. The van der Waals surface area contributed by atoms with Gasteiger partial charge in [0.2, 0.25) is 0 Å². The fourth-order valence-electron chi connectivity index (χ4n) is 3.82. The number of amides is 1. The third-order valence-electron chi connectivity index (χ3n) is 5.81. The van der Waals surface area contributed by atoms with Crippen LogP contribution in [0, 0.1) is 13.8 Å². The highest BCUT2D eigenvalue weighted by Crippen LogP contribution is 2.25. The van der Waals surface area contributed by atoms with Crippen LogP contribution in [0.5, 0.6) is 5.75 Å². The van der Waals surface area contributed by atoms with Crippen LogP contribution in [0.1, 0.15) is 43.2 Å². The Labute approximate surface area is 218 Å². The molecule has 1 N–H and O–H groups in total. The second-order valence-electron chi connectivity index (χ2n) is 8.22. The molecule has 0 aliphatic rings. The summed E-state index contributed by atoms with van der Waals surface area (Å²) in [5.74, 6) is 0.136. The first-order valence-electron chi connectivity index (χ1n) is 11.3. The molecule has 0 radical (unpaired) electrons. The van der Waals surface area contributed by atoms with Gasteiger partial charge in [-0.3, -0.25) is 9.48 Å². The Balaban J connectivity index is 1.44. The van der Waals surface area contributed by atoms with Crippen molar-refractivity contribution in [1.29, 1.82) is 0 Å². The van der Waals surface area contributed by atoms with E-state index in [9.17, 15) is 9.59 Å². The molecule has 1 heterocycles. The third kappa shape index (κ3) is 5.66. The smallest absolute Gasteiger partial charge is 0.338 e. The summed E-state index contributed by atoms with van der Waals surface area (Å²) < 4.78 is 13.4. The molecule has 3 aromatic carbocycles. The van der Waals surface area contributed by atoms with Gasteiger partial charge in [-0.25, -0.2) is 4.79 Å². The van der Waals surface area contributed by atoms with Gasteiger partial charge in [-0.1, -0.05) is 42.5 Å². The molecule has 0 saturated heterocycles. The van der Waals surface area contributed by atoms with Crippen LogP contribution in [0.15, 0.2) is 77.3 Å². The van der Waals surface area contributed by atoms with E-state index in [1.807, 2.05) is 62.4 Å². The molecule has 0 saturated carbocycles. The molecule has 0 unspecified atom stereocenters. The Bertz CT molecular complexity index is 1400. The number of para-hydroxylation sites is 1. The van der Waals surface area contributed by atoms with Crippen LogP contribution >= 0.6 is 15.9 Å². The molecule has 0 atom stereocenters. The lowest BCUT2D eigenvalue weighted by molar-refractivity contribution is 0.0599. The van der Waals surface area contributed by atoms with Crippen LogP contribution in [-0.2, 0) is 17.9 Å². The highest BCUT2D eigenvalue weighted by Gasteiger charge is 2.18. The van der Waals surface area contributed by atoms with Crippen molar-refractivity contribution >= 4 is 33.5 Å². The number of rotatable bonds is 8. The lowest BCUT2D eigenvalue weighted by Crippen LogP contribution is -2.14. The quantitative estimate of drug-likeness (QED) is 0.276. The van der Waals surface area contributed by atoms with Gasteiger partial charge in [0, 0.05) is 5.56 Å². The van der Waals surface area contributed by atoms with E-state index in [4.69, 9.17) is 9.47 Å². The number of nitrogens with zero attached hydrogens (tertiary/aromatic N) is 2. The van der Waals surface area contributed by atoms with Crippen molar-refractivity contribution in [3.63, 3.8) is 0 Å². The molecule has 0 spiro atoms. The van der Waals surface area contributed by atoms with Crippen molar-refractivity contribution in [2.45, 2.75) is 27.0 Å². The number of ether oxygens (including phenoxy) is 2. The lowest BCUT2D eigenvalue weighted by Gasteiger charge is -2.11. The monoisotopic (exact) mass is 547 g/mol. The van der Waals surface area contributed by atoms with Gasteiger partial charge in [0.25, 0.3) is 5.91 Å². The van der Waals surface area contributed by atoms with Gasteiger partial charge in [0.1, 0.15) is 12.4 Å². The zero-order valence-corrected chi connectivity index (χ0v) is 21.8. The molecule has 1 amide bonds. The van der Waals surface area contributed by atoms with Gasteiger partial charge in [-0.2, -0.15) is 5.10 Å². The van der Waals surface area contributed by atoms with E-state index in [0.717, 1.165) is 27.0 Å². The Morgan fingerprint density at radius 2 is 1.67 bits per heavy atom. The molecule has 4 aromatic rings. The van der Waals surface area contributed by atoms with Crippen molar-refractivity contribution in [3.05, 3.63) is 111 Å². The second kappa shape index (κ2) is 11.2. The largest absolute Gasteiger partial charge is 0.488 e. The van der Waals surface area contributed by atoms with Crippen molar-refractivity contribution in [1.82, 2.24) is 9.78 Å². The minimum Gasteiger partial charge on any atom is -0.488 e. The highest BCUT2D eigenvalue weighted by molar-refractivity contribution is 9.10. The average molecular weight is 548 g/mol. The van der Waals surface area contributed by atoms with Crippen LogP contribution in [0.2, 0.25) is 0 Å². The van der Waals surface area contributed by atoms with E-state index < -0.39 is 5.97 Å². The molecule has 1 aromatic heterocycles. The number of esters is 1. The summed E-state index contributed by atoms with van der Waals surface area (Å²) in [6, 6.07) is 22.2.